The molecule has 1 aliphatic rings. The molecule has 22 heavy (non-hydrogen) atoms. The van der Waals surface area contributed by atoms with E-state index >= 15 is 0 Å². The van der Waals surface area contributed by atoms with Crippen LogP contribution in [0.1, 0.15) is 36.0 Å². The Morgan fingerprint density at radius 2 is 2.05 bits per heavy atom. The molecule has 0 aliphatic heterocycles. The van der Waals surface area contributed by atoms with Crippen LogP contribution in [0.3, 0.4) is 0 Å². The van der Waals surface area contributed by atoms with Gasteiger partial charge in [-0.15, -0.1) is 0 Å². The third-order valence-corrected chi connectivity index (χ3v) is 4.48. The number of methoxy groups -OCH3 is 1. The van der Waals surface area contributed by atoms with E-state index in [2.05, 4.69) is 15.3 Å². The van der Waals surface area contributed by atoms with E-state index in [-0.39, 0.29) is 11.3 Å². The molecule has 1 saturated carbocycles. The van der Waals surface area contributed by atoms with Crippen LogP contribution in [0.5, 0.6) is 0 Å². The Balaban J connectivity index is 1.76. The van der Waals surface area contributed by atoms with Gasteiger partial charge in [0.2, 0.25) is 0 Å². The molecule has 2 aromatic rings. The van der Waals surface area contributed by atoms with E-state index in [1.165, 1.54) is 12.8 Å². The third kappa shape index (κ3) is 2.95. The summed E-state index contributed by atoms with van der Waals surface area (Å²) in [6.45, 7) is 1.35. The first-order chi connectivity index (χ1) is 10.7. The molecule has 1 aromatic carbocycles. The van der Waals surface area contributed by atoms with Gasteiger partial charge in [-0.05, 0) is 25.0 Å². The summed E-state index contributed by atoms with van der Waals surface area (Å²) < 4.78 is 5.36. The second-order valence-corrected chi connectivity index (χ2v) is 6.05. The van der Waals surface area contributed by atoms with Gasteiger partial charge in [0.15, 0.2) is 0 Å². The van der Waals surface area contributed by atoms with Crippen molar-refractivity contribution >= 4 is 16.9 Å². The van der Waals surface area contributed by atoms with Gasteiger partial charge in [0, 0.05) is 31.5 Å². The second-order valence-electron chi connectivity index (χ2n) is 6.05. The fourth-order valence-corrected chi connectivity index (χ4v) is 3.34. The SMILES string of the molecule is COCC1(CNC(=O)c2cccc3nccnc23)CCCC1. The minimum absolute atomic E-state index is 0.0840. The maximum absolute atomic E-state index is 12.5. The van der Waals surface area contributed by atoms with Crippen molar-refractivity contribution in [1.82, 2.24) is 15.3 Å². The number of fused-ring (bicyclic) bond motifs is 1. The number of nitrogens with zero attached hydrogens (tertiary/aromatic N) is 2. The Labute approximate surface area is 130 Å². The predicted octanol–water partition coefficient (Wildman–Crippen LogP) is 2.57. The van der Waals surface area contributed by atoms with Crippen LogP contribution in [0.25, 0.3) is 11.0 Å². The number of carbonyl (C=O) groups is 1. The number of amides is 1. The summed E-state index contributed by atoms with van der Waals surface area (Å²) in [4.78, 5) is 21.1. The van der Waals surface area contributed by atoms with E-state index < -0.39 is 0 Å². The molecule has 0 bridgehead atoms. The molecule has 1 heterocycles. The number of para-hydroxylation sites is 1. The Bertz CT molecular complexity index is 661. The van der Waals surface area contributed by atoms with E-state index in [9.17, 15) is 4.79 Å². The Morgan fingerprint density at radius 3 is 2.82 bits per heavy atom. The zero-order chi connectivity index (χ0) is 15.4. The average molecular weight is 299 g/mol. The molecule has 116 valence electrons. The summed E-state index contributed by atoms with van der Waals surface area (Å²) >= 11 is 0. The first kappa shape index (κ1) is 14.9. The van der Waals surface area contributed by atoms with E-state index in [1.807, 2.05) is 12.1 Å². The number of aromatic nitrogens is 2. The predicted molar refractivity (Wildman–Crippen MR) is 84.6 cm³/mol. The standard InChI is InChI=1S/C17H21N3O2/c1-22-12-17(7-2-3-8-17)11-20-16(21)13-5-4-6-14-15(13)19-10-9-18-14/h4-6,9-10H,2-3,7-8,11-12H2,1H3,(H,20,21). The zero-order valence-electron chi connectivity index (χ0n) is 12.8. The van der Waals surface area contributed by atoms with Crippen LogP contribution in [0.15, 0.2) is 30.6 Å². The lowest BCUT2D eigenvalue weighted by Gasteiger charge is -2.28. The highest BCUT2D eigenvalue weighted by Crippen LogP contribution is 2.37. The van der Waals surface area contributed by atoms with Crippen LogP contribution >= 0.6 is 0 Å². The lowest BCUT2D eigenvalue weighted by molar-refractivity contribution is 0.0741. The van der Waals surface area contributed by atoms with Crippen molar-refractivity contribution < 1.29 is 9.53 Å². The van der Waals surface area contributed by atoms with Crippen molar-refractivity contribution in [1.29, 1.82) is 0 Å². The third-order valence-electron chi connectivity index (χ3n) is 4.48. The van der Waals surface area contributed by atoms with Crippen LogP contribution in [0.2, 0.25) is 0 Å². The van der Waals surface area contributed by atoms with Crippen LogP contribution in [-0.4, -0.2) is 36.1 Å². The summed E-state index contributed by atoms with van der Waals surface area (Å²) in [6.07, 6.45) is 7.88. The van der Waals surface area contributed by atoms with Gasteiger partial charge in [0.1, 0.15) is 5.52 Å². The minimum Gasteiger partial charge on any atom is -0.384 e. The Hall–Kier alpha value is -2.01. The molecule has 5 nitrogen and oxygen atoms in total. The van der Waals surface area contributed by atoms with Gasteiger partial charge in [-0.2, -0.15) is 0 Å². The number of hydrogen-bond donors (Lipinski definition) is 1. The highest BCUT2D eigenvalue weighted by molar-refractivity contribution is 6.04. The molecule has 3 rings (SSSR count). The molecule has 1 aromatic heterocycles. The van der Waals surface area contributed by atoms with Gasteiger partial charge in [-0.1, -0.05) is 18.9 Å². The highest BCUT2D eigenvalue weighted by Gasteiger charge is 2.34. The molecule has 0 unspecified atom stereocenters. The number of benzene rings is 1. The summed E-state index contributed by atoms with van der Waals surface area (Å²) in [7, 11) is 1.72. The fraction of sp³-hybridized carbons (Fsp3) is 0.471. The van der Waals surface area contributed by atoms with Crippen molar-refractivity contribution in [2.24, 2.45) is 5.41 Å². The Kier molecular flexibility index (Phi) is 4.34. The summed E-state index contributed by atoms with van der Waals surface area (Å²) in [5, 5.41) is 3.07. The molecule has 0 spiro atoms. The highest BCUT2D eigenvalue weighted by atomic mass is 16.5. The average Bonchev–Trinajstić information content (AvgIpc) is 3.01. The quantitative estimate of drug-likeness (QED) is 0.921. The fourth-order valence-electron chi connectivity index (χ4n) is 3.34. The molecule has 0 radical (unpaired) electrons. The van der Waals surface area contributed by atoms with Gasteiger partial charge in [-0.25, -0.2) is 0 Å². The Morgan fingerprint density at radius 1 is 1.27 bits per heavy atom. The molecule has 0 saturated heterocycles. The number of rotatable bonds is 5. The minimum atomic E-state index is -0.0894. The van der Waals surface area contributed by atoms with Crippen LogP contribution in [0, 0.1) is 5.41 Å². The molecule has 1 N–H and O–H groups in total. The molecule has 1 aliphatic carbocycles. The maximum atomic E-state index is 12.5. The largest absolute Gasteiger partial charge is 0.384 e. The van der Waals surface area contributed by atoms with Crippen molar-refractivity contribution in [2.45, 2.75) is 25.7 Å². The molecule has 0 atom stereocenters. The van der Waals surface area contributed by atoms with Crippen molar-refractivity contribution in [3.8, 4) is 0 Å². The first-order valence-corrected chi connectivity index (χ1v) is 7.71. The zero-order valence-corrected chi connectivity index (χ0v) is 12.8. The normalized spacial score (nSPS) is 16.8. The van der Waals surface area contributed by atoms with Crippen LogP contribution in [0.4, 0.5) is 0 Å². The lowest BCUT2D eigenvalue weighted by atomic mass is 9.87. The van der Waals surface area contributed by atoms with Gasteiger partial charge in [0.25, 0.3) is 5.91 Å². The number of nitrogens with one attached hydrogen (secondary N) is 1. The van der Waals surface area contributed by atoms with E-state index in [0.29, 0.717) is 24.2 Å². The summed E-state index contributed by atoms with van der Waals surface area (Å²) in [6, 6.07) is 5.50. The molecular formula is C17H21N3O2. The van der Waals surface area contributed by atoms with Crippen LogP contribution < -0.4 is 5.32 Å². The van der Waals surface area contributed by atoms with Gasteiger partial charge in [0.05, 0.1) is 17.7 Å². The van der Waals surface area contributed by atoms with Crippen molar-refractivity contribution in [3.63, 3.8) is 0 Å². The lowest BCUT2D eigenvalue weighted by Crippen LogP contribution is -2.38. The first-order valence-electron chi connectivity index (χ1n) is 7.71. The molecule has 5 heteroatoms. The maximum Gasteiger partial charge on any atom is 0.253 e. The number of ether oxygens (including phenoxy) is 1. The second kappa shape index (κ2) is 6.40. The van der Waals surface area contributed by atoms with Gasteiger partial charge >= 0.3 is 0 Å². The van der Waals surface area contributed by atoms with Gasteiger partial charge in [-0.3, -0.25) is 14.8 Å². The monoisotopic (exact) mass is 299 g/mol. The van der Waals surface area contributed by atoms with E-state index in [4.69, 9.17) is 4.74 Å². The summed E-state index contributed by atoms with van der Waals surface area (Å²) in [5.74, 6) is -0.0894. The number of hydrogen-bond acceptors (Lipinski definition) is 4. The molecular weight excluding hydrogens is 278 g/mol. The molecule has 1 fully saturated rings. The van der Waals surface area contributed by atoms with Crippen LogP contribution in [-0.2, 0) is 4.74 Å². The van der Waals surface area contributed by atoms with Crippen molar-refractivity contribution in [2.75, 3.05) is 20.3 Å². The molecule has 1 amide bonds. The smallest absolute Gasteiger partial charge is 0.253 e. The van der Waals surface area contributed by atoms with E-state index in [0.717, 1.165) is 18.4 Å². The summed E-state index contributed by atoms with van der Waals surface area (Å²) in [5.41, 5.74) is 2.05. The van der Waals surface area contributed by atoms with E-state index in [1.54, 1.807) is 25.6 Å². The topological polar surface area (TPSA) is 64.1 Å². The van der Waals surface area contributed by atoms with Gasteiger partial charge < -0.3 is 10.1 Å². The number of carbonyl (C=O) groups excluding carboxylic acids is 1. The van der Waals surface area contributed by atoms with Crippen molar-refractivity contribution in [3.05, 3.63) is 36.2 Å².